The number of hydroxylamine groups is 1. The molecule has 2 N–H and O–H groups in total. The van der Waals surface area contributed by atoms with Gasteiger partial charge < -0.3 is 9.64 Å². The fourth-order valence-electron chi connectivity index (χ4n) is 1.88. The minimum Gasteiger partial charge on any atom is -0.482 e. The van der Waals surface area contributed by atoms with E-state index in [1.807, 2.05) is 6.92 Å². The normalized spacial score (nSPS) is 14.2. The van der Waals surface area contributed by atoms with Crippen molar-refractivity contribution in [1.29, 1.82) is 0 Å². The molecule has 0 radical (unpaired) electrons. The van der Waals surface area contributed by atoms with Crippen LogP contribution in [0.25, 0.3) is 6.08 Å². The molecule has 100 valence electrons. The molecule has 0 saturated carbocycles. The summed E-state index contributed by atoms with van der Waals surface area (Å²) in [5, 5.41) is 8.40. The average molecular weight is 262 g/mol. The second-order valence-electron chi connectivity index (χ2n) is 3.96. The number of rotatable bonds is 3. The number of anilines is 1. The van der Waals surface area contributed by atoms with Crippen LogP contribution in [0.5, 0.6) is 5.75 Å². The molecule has 2 rings (SSSR count). The first-order chi connectivity index (χ1) is 9.15. The quantitative estimate of drug-likeness (QED) is 0.483. The number of carbonyl (C=O) groups is 2. The van der Waals surface area contributed by atoms with Crippen molar-refractivity contribution in [3.05, 3.63) is 29.8 Å². The lowest BCUT2D eigenvalue weighted by atomic mass is 10.1. The molecule has 1 heterocycles. The summed E-state index contributed by atoms with van der Waals surface area (Å²) in [6.07, 6.45) is 2.74. The SMILES string of the molecule is CCN1C(=O)COc2ccc(/C=C/C(=O)NO)cc21. The van der Waals surface area contributed by atoms with E-state index in [-0.39, 0.29) is 12.5 Å². The van der Waals surface area contributed by atoms with Gasteiger partial charge in [0.05, 0.1) is 5.69 Å². The van der Waals surface area contributed by atoms with Gasteiger partial charge in [-0.25, -0.2) is 5.48 Å². The van der Waals surface area contributed by atoms with Crippen LogP contribution in [0.4, 0.5) is 5.69 Å². The molecule has 0 bridgehead atoms. The van der Waals surface area contributed by atoms with Gasteiger partial charge in [0.1, 0.15) is 5.75 Å². The number of nitrogens with zero attached hydrogens (tertiary/aromatic N) is 1. The number of nitrogens with one attached hydrogen (secondary N) is 1. The zero-order valence-corrected chi connectivity index (χ0v) is 10.4. The van der Waals surface area contributed by atoms with E-state index < -0.39 is 5.91 Å². The summed E-state index contributed by atoms with van der Waals surface area (Å²) in [4.78, 5) is 24.2. The van der Waals surface area contributed by atoms with Gasteiger partial charge in [-0.3, -0.25) is 14.8 Å². The van der Waals surface area contributed by atoms with Gasteiger partial charge in [-0.2, -0.15) is 0 Å². The molecule has 6 nitrogen and oxygen atoms in total. The molecule has 0 saturated heterocycles. The smallest absolute Gasteiger partial charge is 0.267 e. The maximum Gasteiger partial charge on any atom is 0.267 e. The second kappa shape index (κ2) is 5.53. The first kappa shape index (κ1) is 13.1. The number of benzene rings is 1. The number of hydrogen-bond donors (Lipinski definition) is 2. The van der Waals surface area contributed by atoms with Gasteiger partial charge in [0.15, 0.2) is 6.61 Å². The molecule has 2 amide bonds. The van der Waals surface area contributed by atoms with E-state index in [2.05, 4.69) is 0 Å². The van der Waals surface area contributed by atoms with Gasteiger partial charge in [-0.15, -0.1) is 0 Å². The average Bonchev–Trinajstić information content (AvgIpc) is 2.44. The molecule has 0 aromatic heterocycles. The Bertz CT molecular complexity index is 539. The highest BCUT2D eigenvalue weighted by Crippen LogP contribution is 2.33. The Kier molecular flexibility index (Phi) is 3.82. The molecule has 1 aromatic rings. The number of ether oxygens (including phenoxy) is 1. The maximum absolute atomic E-state index is 11.7. The summed E-state index contributed by atoms with van der Waals surface area (Å²) in [6.45, 7) is 2.48. The van der Waals surface area contributed by atoms with Crippen molar-refractivity contribution in [3.8, 4) is 5.75 Å². The van der Waals surface area contributed by atoms with Crippen molar-refractivity contribution in [2.24, 2.45) is 0 Å². The Morgan fingerprint density at radius 3 is 3.05 bits per heavy atom. The van der Waals surface area contributed by atoms with E-state index in [4.69, 9.17) is 9.94 Å². The number of carbonyl (C=O) groups excluding carboxylic acids is 2. The lowest BCUT2D eigenvalue weighted by Gasteiger charge is -2.28. The van der Waals surface area contributed by atoms with Crippen molar-refractivity contribution >= 4 is 23.6 Å². The Balaban J connectivity index is 2.31. The zero-order chi connectivity index (χ0) is 13.8. The lowest BCUT2D eigenvalue weighted by Crippen LogP contribution is -2.38. The molecule has 0 spiro atoms. The lowest BCUT2D eigenvalue weighted by molar-refractivity contribution is -0.124. The van der Waals surface area contributed by atoms with Crippen LogP contribution in [0.3, 0.4) is 0 Å². The highest BCUT2D eigenvalue weighted by atomic mass is 16.5. The Labute approximate surface area is 110 Å². The van der Waals surface area contributed by atoms with E-state index in [0.717, 1.165) is 5.56 Å². The fraction of sp³-hybridized carbons (Fsp3) is 0.231. The van der Waals surface area contributed by atoms with E-state index >= 15 is 0 Å². The predicted octanol–water partition coefficient (Wildman–Crippen LogP) is 0.950. The molecule has 0 fully saturated rings. The zero-order valence-electron chi connectivity index (χ0n) is 10.4. The molecule has 0 unspecified atom stereocenters. The third-order valence-electron chi connectivity index (χ3n) is 2.78. The van der Waals surface area contributed by atoms with Crippen LogP contribution in [-0.2, 0) is 9.59 Å². The van der Waals surface area contributed by atoms with Crippen molar-refractivity contribution < 1.29 is 19.5 Å². The van der Waals surface area contributed by atoms with Crippen LogP contribution < -0.4 is 15.1 Å². The molecule has 0 aliphatic carbocycles. The fourth-order valence-corrected chi connectivity index (χ4v) is 1.88. The third kappa shape index (κ3) is 2.74. The van der Waals surface area contributed by atoms with Gasteiger partial charge in [-0.1, -0.05) is 6.07 Å². The van der Waals surface area contributed by atoms with E-state index in [1.165, 1.54) is 11.6 Å². The number of hydrogen-bond acceptors (Lipinski definition) is 4. The molecule has 6 heteroatoms. The standard InChI is InChI=1S/C13H14N2O4/c1-2-15-10-7-9(4-6-12(16)14-18)3-5-11(10)19-8-13(15)17/h3-7,18H,2,8H2,1H3,(H,14,16)/b6-4+. The van der Waals surface area contributed by atoms with E-state index in [9.17, 15) is 9.59 Å². The first-order valence-corrected chi connectivity index (χ1v) is 5.85. The Hall–Kier alpha value is -2.34. The summed E-state index contributed by atoms with van der Waals surface area (Å²) >= 11 is 0. The van der Waals surface area contributed by atoms with Gasteiger partial charge in [0.2, 0.25) is 0 Å². The van der Waals surface area contributed by atoms with Gasteiger partial charge >= 0.3 is 0 Å². The molecule has 1 aliphatic heterocycles. The topological polar surface area (TPSA) is 78.9 Å². The highest BCUT2D eigenvalue weighted by molar-refractivity contribution is 5.98. The van der Waals surface area contributed by atoms with Gasteiger partial charge in [0, 0.05) is 12.6 Å². The highest BCUT2D eigenvalue weighted by Gasteiger charge is 2.23. The minimum absolute atomic E-state index is 0.0446. The molecule has 1 aromatic carbocycles. The summed E-state index contributed by atoms with van der Waals surface area (Å²) in [6, 6.07) is 5.28. The van der Waals surface area contributed by atoms with Gasteiger partial charge in [0.25, 0.3) is 11.8 Å². The summed E-state index contributed by atoms with van der Waals surface area (Å²) in [5.41, 5.74) is 2.93. The van der Waals surface area contributed by atoms with Crippen molar-refractivity contribution in [1.82, 2.24) is 5.48 Å². The number of fused-ring (bicyclic) bond motifs is 1. The minimum atomic E-state index is -0.614. The first-order valence-electron chi connectivity index (χ1n) is 5.85. The van der Waals surface area contributed by atoms with Crippen LogP contribution in [0.1, 0.15) is 12.5 Å². The number of amides is 2. The van der Waals surface area contributed by atoms with Crippen LogP contribution in [0.15, 0.2) is 24.3 Å². The van der Waals surface area contributed by atoms with Crippen LogP contribution in [0.2, 0.25) is 0 Å². The Morgan fingerprint density at radius 2 is 2.37 bits per heavy atom. The van der Waals surface area contributed by atoms with Crippen LogP contribution in [0, 0.1) is 0 Å². The molecular weight excluding hydrogens is 248 g/mol. The van der Waals surface area contributed by atoms with E-state index in [1.54, 1.807) is 29.2 Å². The largest absolute Gasteiger partial charge is 0.482 e. The number of likely N-dealkylation sites (N-methyl/N-ethyl adjacent to an activating group) is 1. The van der Waals surface area contributed by atoms with Crippen molar-refractivity contribution in [2.45, 2.75) is 6.92 Å². The molecule has 1 aliphatic rings. The molecule has 0 atom stereocenters. The van der Waals surface area contributed by atoms with Crippen molar-refractivity contribution in [3.63, 3.8) is 0 Å². The Morgan fingerprint density at radius 1 is 1.58 bits per heavy atom. The molecular formula is C13H14N2O4. The second-order valence-corrected chi connectivity index (χ2v) is 3.96. The van der Waals surface area contributed by atoms with Crippen LogP contribution in [-0.4, -0.2) is 30.2 Å². The van der Waals surface area contributed by atoms with Crippen LogP contribution >= 0.6 is 0 Å². The summed E-state index contributed by atoms with van der Waals surface area (Å²) in [5.74, 6) is -0.0631. The summed E-state index contributed by atoms with van der Waals surface area (Å²) < 4.78 is 5.33. The van der Waals surface area contributed by atoms with E-state index in [0.29, 0.717) is 18.0 Å². The van der Waals surface area contributed by atoms with Gasteiger partial charge in [-0.05, 0) is 30.7 Å². The van der Waals surface area contributed by atoms with Crippen molar-refractivity contribution in [2.75, 3.05) is 18.1 Å². The summed E-state index contributed by atoms with van der Waals surface area (Å²) in [7, 11) is 0. The third-order valence-corrected chi connectivity index (χ3v) is 2.78. The maximum atomic E-state index is 11.7. The molecule has 19 heavy (non-hydrogen) atoms. The monoisotopic (exact) mass is 262 g/mol. The predicted molar refractivity (Wildman–Crippen MR) is 68.9 cm³/mol.